The maximum absolute atomic E-state index is 11.7. The highest BCUT2D eigenvalue weighted by molar-refractivity contribution is 6.20. The number of hydrogen-bond acceptors (Lipinski definition) is 1. The van der Waals surface area contributed by atoms with Crippen molar-refractivity contribution in [2.45, 2.75) is 43.5 Å². The molecular weight excluding hydrogens is 193 g/mol. The molecule has 1 aliphatic rings. The van der Waals surface area contributed by atoms with Gasteiger partial charge in [0.2, 0.25) is 0 Å². The van der Waals surface area contributed by atoms with Crippen molar-refractivity contribution in [3.05, 3.63) is 0 Å². The number of ether oxygens (including phenoxy) is 1. The van der Waals surface area contributed by atoms with E-state index < -0.39 is 12.5 Å². The van der Waals surface area contributed by atoms with Crippen molar-refractivity contribution in [1.82, 2.24) is 0 Å². The summed E-state index contributed by atoms with van der Waals surface area (Å²) in [6.07, 6.45) is -3.13. The van der Waals surface area contributed by atoms with Gasteiger partial charge in [0.15, 0.2) is 0 Å². The first-order chi connectivity index (χ1) is 5.47. The van der Waals surface area contributed by atoms with Crippen LogP contribution in [0, 0.1) is 0 Å². The fourth-order valence-electron chi connectivity index (χ4n) is 1.33. The monoisotopic (exact) mass is 202 g/mol. The van der Waals surface area contributed by atoms with Gasteiger partial charge in [0.25, 0.3) is 0 Å². The van der Waals surface area contributed by atoms with Gasteiger partial charge in [-0.3, -0.25) is 4.74 Å². The maximum Gasteiger partial charge on any atom is 0.522 e. The molecule has 0 aromatic carbocycles. The van der Waals surface area contributed by atoms with Crippen molar-refractivity contribution in [2.75, 3.05) is 0 Å². The van der Waals surface area contributed by atoms with Gasteiger partial charge >= 0.3 is 6.36 Å². The quantitative estimate of drug-likeness (QED) is 0.594. The van der Waals surface area contributed by atoms with Crippen LogP contribution in [0.1, 0.15) is 25.7 Å². The van der Waals surface area contributed by atoms with Gasteiger partial charge in [0.1, 0.15) is 0 Å². The topological polar surface area (TPSA) is 9.23 Å². The van der Waals surface area contributed by atoms with Gasteiger partial charge in [0, 0.05) is 5.38 Å². The van der Waals surface area contributed by atoms with Crippen LogP contribution >= 0.6 is 11.6 Å². The van der Waals surface area contributed by atoms with E-state index in [1.54, 1.807) is 0 Å². The van der Waals surface area contributed by atoms with E-state index in [1.807, 2.05) is 0 Å². The Balaban J connectivity index is 2.26. The predicted molar refractivity (Wildman–Crippen MR) is 39.0 cm³/mol. The molecule has 1 saturated carbocycles. The minimum Gasteiger partial charge on any atom is -0.289 e. The molecule has 12 heavy (non-hydrogen) atoms. The van der Waals surface area contributed by atoms with Crippen molar-refractivity contribution >= 4 is 11.6 Å². The van der Waals surface area contributed by atoms with Crippen LogP contribution in [-0.4, -0.2) is 17.8 Å². The fraction of sp³-hybridized carbons (Fsp3) is 1.00. The Bertz CT molecular complexity index is 140. The van der Waals surface area contributed by atoms with E-state index in [4.69, 9.17) is 11.6 Å². The maximum atomic E-state index is 11.7. The summed E-state index contributed by atoms with van der Waals surface area (Å²) in [6, 6.07) is 0. The summed E-state index contributed by atoms with van der Waals surface area (Å²) in [4.78, 5) is 0. The molecular formula is C7H10ClF3O. The second-order valence-electron chi connectivity index (χ2n) is 2.94. The van der Waals surface area contributed by atoms with Crippen molar-refractivity contribution in [3.8, 4) is 0 Å². The molecule has 0 radical (unpaired) electrons. The Hall–Kier alpha value is 0.0400. The molecule has 0 N–H and O–H groups in total. The highest BCUT2D eigenvalue weighted by Crippen LogP contribution is 2.29. The van der Waals surface area contributed by atoms with E-state index in [0.29, 0.717) is 25.7 Å². The molecule has 0 aromatic heterocycles. The first-order valence-corrected chi connectivity index (χ1v) is 4.29. The average molecular weight is 203 g/mol. The van der Waals surface area contributed by atoms with E-state index in [1.165, 1.54) is 0 Å². The molecule has 0 heterocycles. The van der Waals surface area contributed by atoms with Crippen molar-refractivity contribution in [2.24, 2.45) is 0 Å². The molecule has 1 rings (SSSR count). The van der Waals surface area contributed by atoms with Gasteiger partial charge in [-0.05, 0) is 25.7 Å². The zero-order chi connectivity index (χ0) is 9.19. The van der Waals surface area contributed by atoms with Crippen LogP contribution in [0.15, 0.2) is 0 Å². The Labute approximate surface area is 73.8 Å². The molecule has 0 aliphatic heterocycles. The lowest BCUT2D eigenvalue weighted by Crippen LogP contribution is -2.28. The summed E-state index contributed by atoms with van der Waals surface area (Å²) in [7, 11) is 0. The molecule has 0 atom stereocenters. The number of rotatable bonds is 1. The highest BCUT2D eigenvalue weighted by Gasteiger charge is 2.34. The summed E-state index contributed by atoms with van der Waals surface area (Å²) in [5.41, 5.74) is 0. The SMILES string of the molecule is FC(F)(F)OC1CCC(Cl)CC1. The smallest absolute Gasteiger partial charge is 0.289 e. The summed E-state index contributed by atoms with van der Waals surface area (Å²) >= 11 is 5.72. The largest absolute Gasteiger partial charge is 0.522 e. The Morgan fingerprint density at radius 3 is 2.00 bits per heavy atom. The number of alkyl halides is 4. The molecule has 1 nitrogen and oxygen atoms in total. The molecule has 72 valence electrons. The van der Waals surface area contributed by atoms with E-state index in [0.717, 1.165) is 0 Å². The third kappa shape index (κ3) is 3.63. The van der Waals surface area contributed by atoms with E-state index in [9.17, 15) is 13.2 Å². The van der Waals surface area contributed by atoms with Crippen molar-refractivity contribution in [1.29, 1.82) is 0 Å². The minimum absolute atomic E-state index is 0.0260. The minimum atomic E-state index is -4.50. The molecule has 0 spiro atoms. The molecule has 0 saturated heterocycles. The number of halogens is 4. The predicted octanol–water partition coefficient (Wildman–Crippen LogP) is 3.07. The van der Waals surface area contributed by atoms with Crippen LogP contribution in [-0.2, 0) is 4.74 Å². The Kier molecular flexibility index (Phi) is 3.23. The highest BCUT2D eigenvalue weighted by atomic mass is 35.5. The molecule has 0 bridgehead atoms. The first kappa shape index (κ1) is 10.1. The van der Waals surface area contributed by atoms with Crippen molar-refractivity contribution < 1.29 is 17.9 Å². The lowest BCUT2D eigenvalue weighted by Gasteiger charge is -2.25. The second-order valence-corrected chi connectivity index (χ2v) is 3.55. The van der Waals surface area contributed by atoms with Crippen molar-refractivity contribution in [3.63, 3.8) is 0 Å². The average Bonchev–Trinajstić information content (AvgIpc) is 1.91. The third-order valence-electron chi connectivity index (χ3n) is 1.90. The zero-order valence-corrected chi connectivity index (χ0v) is 7.16. The second kappa shape index (κ2) is 3.83. The van der Waals surface area contributed by atoms with Crippen LogP contribution in [0.5, 0.6) is 0 Å². The lowest BCUT2D eigenvalue weighted by molar-refractivity contribution is -0.345. The molecule has 5 heteroatoms. The van der Waals surface area contributed by atoms with Crippen LogP contribution in [0.4, 0.5) is 13.2 Å². The van der Waals surface area contributed by atoms with Crippen LogP contribution in [0.25, 0.3) is 0 Å². The van der Waals surface area contributed by atoms with E-state index in [-0.39, 0.29) is 5.38 Å². The van der Waals surface area contributed by atoms with Crippen LogP contribution in [0.3, 0.4) is 0 Å². The first-order valence-electron chi connectivity index (χ1n) is 3.86. The summed E-state index contributed by atoms with van der Waals surface area (Å²) in [5.74, 6) is 0. The van der Waals surface area contributed by atoms with Gasteiger partial charge in [0.05, 0.1) is 6.10 Å². The van der Waals surface area contributed by atoms with E-state index >= 15 is 0 Å². The Morgan fingerprint density at radius 1 is 1.08 bits per heavy atom. The fourth-order valence-corrected chi connectivity index (χ4v) is 1.58. The van der Waals surface area contributed by atoms with Gasteiger partial charge in [-0.15, -0.1) is 24.8 Å². The zero-order valence-electron chi connectivity index (χ0n) is 6.40. The molecule has 1 fully saturated rings. The van der Waals surface area contributed by atoms with Gasteiger partial charge in [-0.1, -0.05) is 0 Å². The van der Waals surface area contributed by atoms with Gasteiger partial charge < -0.3 is 0 Å². The normalized spacial score (nSPS) is 32.0. The summed E-state index contributed by atoms with van der Waals surface area (Å²) < 4.78 is 38.9. The standard InChI is InChI=1S/C7H10ClF3O/c8-5-1-3-6(4-2-5)12-7(9,10)11/h5-6H,1-4H2. The van der Waals surface area contributed by atoms with Gasteiger partial charge in [-0.2, -0.15) is 0 Å². The molecule has 1 aliphatic carbocycles. The summed E-state index contributed by atoms with van der Waals surface area (Å²) in [6.45, 7) is 0. The molecule has 0 unspecified atom stereocenters. The summed E-state index contributed by atoms with van der Waals surface area (Å²) in [5, 5.41) is 0.0260. The third-order valence-corrected chi connectivity index (χ3v) is 2.34. The molecule has 0 amide bonds. The van der Waals surface area contributed by atoms with Crippen LogP contribution < -0.4 is 0 Å². The van der Waals surface area contributed by atoms with E-state index in [2.05, 4.69) is 4.74 Å². The number of hydrogen-bond donors (Lipinski definition) is 0. The van der Waals surface area contributed by atoms with Crippen LogP contribution in [0.2, 0.25) is 0 Å². The van der Waals surface area contributed by atoms with Gasteiger partial charge in [-0.25, -0.2) is 0 Å². The molecule has 0 aromatic rings. The Morgan fingerprint density at radius 2 is 1.58 bits per heavy atom. The lowest BCUT2D eigenvalue weighted by atomic mass is 9.97.